The first kappa shape index (κ1) is 14.8. The normalized spacial score (nSPS) is 12.4. The van der Waals surface area contributed by atoms with Gasteiger partial charge in [0.05, 0.1) is 0 Å². The van der Waals surface area contributed by atoms with Crippen LogP contribution in [0.2, 0.25) is 0 Å². The molecule has 19 heavy (non-hydrogen) atoms. The predicted molar refractivity (Wildman–Crippen MR) is 88.5 cm³/mol. The van der Waals surface area contributed by atoms with Crippen molar-refractivity contribution in [1.82, 2.24) is 5.32 Å². The van der Waals surface area contributed by atoms with Crippen LogP contribution < -0.4 is 5.32 Å². The highest BCUT2D eigenvalue weighted by atomic mass is 79.9. The topological polar surface area (TPSA) is 12.0 Å². The number of nitrogens with one attached hydrogen (secondary N) is 1. The van der Waals surface area contributed by atoms with E-state index in [0.717, 1.165) is 10.9 Å². The maximum absolute atomic E-state index is 3.62. The number of aryl methyl sites for hydroxylation is 1. The Labute approximate surface area is 131 Å². The third-order valence-electron chi connectivity index (χ3n) is 3.20. The highest BCUT2D eigenvalue weighted by Gasteiger charge is 2.12. The van der Waals surface area contributed by atoms with Crippen LogP contribution in [0.5, 0.6) is 0 Å². The third-order valence-corrected chi connectivity index (χ3v) is 4.43. The zero-order chi connectivity index (χ0) is 13.8. The molecule has 0 bridgehead atoms. The van der Waals surface area contributed by atoms with E-state index >= 15 is 0 Å². The average Bonchev–Trinajstić information content (AvgIpc) is 2.36. The van der Waals surface area contributed by atoms with E-state index in [-0.39, 0.29) is 0 Å². The lowest BCUT2D eigenvalue weighted by atomic mass is 9.98. The lowest BCUT2D eigenvalue weighted by Crippen LogP contribution is -2.19. The average molecular weight is 383 g/mol. The van der Waals surface area contributed by atoms with Gasteiger partial charge < -0.3 is 5.32 Å². The summed E-state index contributed by atoms with van der Waals surface area (Å²) in [4.78, 5) is 0. The van der Waals surface area contributed by atoms with Gasteiger partial charge in [-0.2, -0.15) is 0 Å². The van der Waals surface area contributed by atoms with Crippen LogP contribution >= 0.6 is 31.9 Å². The minimum atomic E-state index is 0.315. The summed E-state index contributed by atoms with van der Waals surface area (Å²) in [5.41, 5.74) is 3.90. The molecule has 1 N–H and O–H groups in total. The van der Waals surface area contributed by atoms with Crippen molar-refractivity contribution < 1.29 is 0 Å². The van der Waals surface area contributed by atoms with Crippen LogP contribution in [0.15, 0.2) is 51.4 Å². The molecule has 0 radical (unpaired) electrons. The van der Waals surface area contributed by atoms with E-state index < -0.39 is 0 Å². The molecule has 0 amide bonds. The lowest BCUT2D eigenvalue weighted by molar-refractivity contribution is 0.590. The van der Waals surface area contributed by atoms with E-state index in [0.29, 0.717) is 6.04 Å². The molecule has 0 fully saturated rings. The Balaban J connectivity index is 2.28. The molecular weight excluding hydrogens is 366 g/mol. The molecule has 2 aromatic rings. The minimum Gasteiger partial charge on any atom is -0.313 e. The van der Waals surface area contributed by atoms with Crippen molar-refractivity contribution in [2.75, 3.05) is 7.05 Å². The third kappa shape index (κ3) is 3.91. The van der Waals surface area contributed by atoms with Crippen LogP contribution in [0.1, 0.15) is 22.7 Å². The van der Waals surface area contributed by atoms with Gasteiger partial charge in [-0.25, -0.2) is 0 Å². The van der Waals surface area contributed by atoms with Crippen molar-refractivity contribution in [1.29, 1.82) is 0 Å². The second-order valence-corrected chi connectivity index (χ2v) is 6.47. The molecule has 0 heterocycles. The molecule has 2 aromatic carbocycles. The SMILES string of the molecule is CNC(Cc1ccccc1Br)c1cc(C)cc(Br)c1. The van der Waals surface area contributed by atoms with Crippen LogP contribution in [-0.4, -0.2) is 7.05 Å². The Bertz CT molecular complexity index is 546. The van der Waals surface area contributed by atoms with Gasteiger partial charge in [-0.05, 0) is 55.3 Å². The van der Waals surface area contributed by atoms with Crippen molar-refractivity contribution >= 4 is 31.9 Å². The summed E-state index contributed by atoms with van der Waals surface area (Å²) in [5, 5.41) is 3.41. The Kier molecular flexibility index (Phi) is 5.20. The molecule has 0 aliphatic heterocycles. The van der Waals surface area contributed by atoms with Crippen molar-refractivity contribution in [2.45, 2.75) is 19.4 Å². The quantitative estimate of drug-likeness (QED) is 0.782. The van der Waals surface area contributed by atoms with Gasteiger partial charge in [0.1, 0.15) is 0 Å². The lowest BCUT2D eigenvalue weighted by Gasteiger charge is -2.18. The fourth-order valence-electron chi connectivity index (χ4n) is 2.24. The minimum absolute atomic E-state index is 0.315. The number of halogens is 2. The van der Waals surface area contributed by atoms with Crippen LogP contribution in [0.3, 0.4) is 0 Å². The summed E-state index contributed by atoms with van der Waals surface area (Å²) in [6.45, 7) is 2.12. The van der Waals surface area contributed by atoms with E-state index in [1.165, 1.54) is 21.2 Å². The Morgan fingerprint density at radius 1 is 1.11 bits per heavy atom. The van der Waals surface area contributed by atoms with E-state index in [1.54, 1.807) is 0 Å². The molecule has 3 heteroatoms. The zero-order valence-corrected chi connectivity index (χ0v) is 14.3. The van der Waals surface area contributed by atoms with E-state index in [9.17, 15) is 0 Å². The molecule has 1 nitrogen and oxygen atoms in total. The number of hydrogen-bond donors (Lipinski definition) is 1. The maximum atomic E-state index is 3.62. The fourth-order valence-corrected chi connectivity index (χ4v) is 3.31. The first-order valence-electron chi connectivity index (χ1n) is 6.28. The van der Waals surface area contributed by atoms with Gasteiger partial charge >= 0.3 is 0 Å². The van der Waals surface area contributed by atoms with Gasteiger partial charge in [-0.3, -0.25) is 0 Å². The molecule has 100 valence electrons. The van der Waals surface area contributed by atoms with Gasteiger partial charge in [0.2, 0.25) is 0 Å². The van der Waals surface area contributed by atoms with Crippen LogP contribution in [0, 0.1) is 6.92 Å². The van der Waals surface area contributed by atoms with Crippen LogP contribution in [-0.2, 0) is 6.42 Å². The molecule has 0 aliphatic carbocycles. The van der Waals surface area contributed by atoms with E-state index in [1.807, 2.05) is 13.1 Å². The zero-order valence-electron chi connectivity index (χ0n) is 11.1. The molecule has 0 spiro atoms. The molecule has 2 rings (SSSR count). The predicted octanol–water partition coefficient (Wildman–Crippen LogP) is 5.02. The molecule has 1 atom stereocenters. The van der Waals surface area contributed by atoms with Gasteiger partial charge in [0.25, 0.3) is 0 Å². The first-order valence-corrected chi connectivity index (χ1v) is 7.86. The Morgan fingerprint density at radius 3 is 2.47 bits per heavy atom. The highest BCUT2D eigenvalue weighted by Crippen LogP contribution is 2.26. The summed E-state index contributed by atoms with van der Waals surface area (Å²) in [7, 11) is 2.01. The maximum Gasteiger partial charge on any atom is 0.0359 e. The number of likely N-dealkylation sites (N-methyl/N-ethyl adjacent to an activating group) is 1. The number of hydrogen-bond acceptors (Lipinski definition) is 1. The smallest absolute Gasteiger partial charge is 0.0359 e. The van der Waals surface area contributed by atoms with Gasteiger partial charge in [-0.15, -0.1) is 0 Å². The van der Waals surface area contributed by atoms with Crippen molar-refractivity contribution in [3.63, 3.8) is 0 Å². The molecule has 0 saturated carbocycles. The van der Waals surface area contributed by atoms with Crippen molar-refractivity contribution in [3.05, 3.63) is 68.1 Å². The van der Waals surface area contributed by atoms with Gasteiger partial charge in [0.15, 0.2) is 0 Å². The number of rotatable bonds is 4. The second-order valence-electron chi connectivity index (χ2n) is 4.70. The number of benzene rings is 2. The molecule has 0 aliphatic rings. The van der Waals surface area contributed by atoms with Crippen LogP contribution in [0.4, 0.5) is 0 Å². The summed E-state index contributed by atoms with van der Waals surface area (Å²) in [6, 6.07) is 15.3. The largest absolute Gasteiger partial charge is 0.313 e. The molecule has 0 aromatic heterocycles. The fraction of sp³-hybridized carbons (Fsp3) is 0.250. The monoisotopic (exact) mass is 381 g/mol. The summed E-state index contributed by atoms with van der Waals surface area (Å²) in [5.74, 6) is 0. The standard InChI is InChI=1S/C16H17Br2N/c1-11-7-13(9-14(17)8-11)16(19-2)10-12-5-3-4-6-15(12)18/h3-9,16,19H,10H2,1-2H3. The van der Waals surface area contributed by atoms with E-state index in [4.69, 9.17) is 0 Å². The Hall–Kier alpha value is -0.640. The Morgan fingerprint density at radius 2 is 1.84 bits per heavy atom. The van der Waals surface area contributed by atoms with Crippen LogP contribution in [0.25, 0.3) is 0 Å². The molecule has 0 saturated heterocycles. The second kappa shape index (κ2) is 6.69. The summed E-state index contributed by atoms with van der Waals surface area (Å²) < 4.78 is 2.30. The first-order chi connectivity index (χ1) is 9.10. The molecular formula is C16H17Br2N. The van der Waals surface area contributed by atoms with Gasteiger partial charge in [0, 0.05) is 15.0 Å². The van der Waals surface area contributed by atoms with Crippen molar-refractivity contribution in [3.8, 4) is 0 Å². The summed E-state index contributed by atoms with van der Waals surface area (Å²) in [6.07, 6.45) is 0.966. The summed E-state index contributed by atoms with van der Waals surface area (Å²) >= 11 is 7.19. The van der Waals surface area contributed by atoms with E-state index in [2.05, 4.69) is 80.5 Å². The molecule has 1 unspecified atom stereocenters. The van der Waals surface area contributed by atoms with Gasteiger partial charge in [-0.1, -0.05) is 56.1 Å². The highest BCUT2D eigenvalue weighted by molar-refractivity contribution is 9.10. The van der Waals surface area contributed by atoms with Crippen molar-refractivity contribution in [2.24, 2.45) is 0 Å².